The molecule has 0 saturated heterocycles. The zero-order chi connectivity index (χ0) is 65.3. The fourth-order valence-corrected chi connectivity index (χ4v) is 15.9. The second-order valence-electron chi connectivity index (χ2n) is 29.8. The van der Waals surface area contributed by atoms with Crippen molar-refractivity contribution in [3.8, 4) is 0 Å². The van der Waals surface area contributed by atoms with Gasteiger partial charge < -0.3 is 14.7 Å². The summed E-state index contributed by atoms with van der Waals surface area (Å²) in [7, 11) is 0. The highest BCUT2D eigenvalue weighted by molar-refractivity contribution is 7.33. The number of anilines is 9. The largest absolute Gasteiger partial charge is 0.311 e. The Balaban J connectivity index is 1.28. The van der Waals surface area contributed by atoms with E-state index in [-0.39, 0.29) is 67.6 Å². The molecule has 3 nitrogen and oxygen atoms in total. The minimum atomic E-state index is -0.612. The van der Waals surface area contributed by atoms with Gasteiger partial charge in [0.1, 0.15) is 0 Å². The second-order valence-corrected chi connectivity index (χ2v) is 30.9. The maximum Gasteiger partial charge on any atom is 0.264 e. The summed E-state index contributed by atoms with van der Waals surface area (Å²) in [5.74, 6) is 0.261. The van der Waals surface area contributed by atoms with Gasteiger partial charge in [-0.1, -0.05) is 172 Å². The number of hydrogen-bond acceptors (Lipinski definition) is 4. The first-order valence-electron chi connectivity index (χ1n) is 34.5. The predicted octanol–water partition coefficient (Wildman–Crippen LogP) is 19.9. The van der Waals surface area contributed by atoms with Crippen molar-refractivity contribution >= 4 is 95.0 Å². The molecule has 0 bridgehead atoms. The van der Waals surface area contributed by atoms with E-state index in [1.165, 1.54) is 53.2 Å². The summed E-state index contributed by atoms with van der Waals surface area (Å²) < 4.78 is 96.3. The van der Waals surface area contributed by atoms with E-state index in [0.717, 1.165) is 94.6 Å². The van der Waals surface area contributed by atoms with Gasteiger partial charge in [0.05, 0.1) is 25.1 Å². The highest BCUT2D eigenvalue weighted by Gasteiger charge is 2.50. The molecule has 410 valence electrons. The average molecular weight is 1080 g/mol. The zero-order valence-electron chi connectivity index (χ0n) is 60.6. The quantitative estimate of drug-likeness (QED) is 0.159. The predicted molar refractivity (Wildman–Crippen MR) is 349 cm³/mol. The minimum absolute atomic E-state index is 0.0717. The number of fused-ring (bicyclic) bond motifs is 9. The van der Waals surface area contributed by atoms with Crippen LogP contribution in [0, 0.1) is 0 Å². The van der Waals surface area contributed by atoms with Crippen LogP contribution in [0.25, 0.3) is 10.1 Å². The molecule has 0 saturated carbocycles. The van der Waals surface area contributed by atoms with Crippen LogP contribution in [0.5, 0.6) is 0 Å². The van der Waals surface area contributed by atoms with Crippen molar-refractivity contribution in [3.63, 3.8) is 0 Å². The average Bonchev–Trinajstić information content (AvgIpc) is 1.22. The molecule has 1 aromatic heterocycles. The van der Waals surface area contributed by atoms with Gasteiger partial charge in [-0.25, -0.2) is 0 Å². The molecular weight excluding hydrogens is 986 g/mol. The molecule has 80 heavy (non-hydrogen) atoms. The summed E-state index contributed by atoms with van der Waals surface area (Å²) in [6.45, 7) is 39.3. The zero-order valence-corrected chi connectivity index (χ0v) is 51.4. The van der Waals surface area contributed by atoms with Gasteiger partial charge in [-0.2, -0.15) is 0 Å². The standard InChI is InChI=1S/C75H86BN3S/c1-46-30-31-71(8,9)56-29-28-51(39-54(46)56)79-64-41-53(77(49-24-20-18-21-25-49)50-26-22-19-23-27-50)40-63-66(64)76(68-67(79)55-42-57-60(45-65(55)80-68)75(16,17)35-32-72(57,10)11)61-43-58-59(74(14,15)34-33-73(58,12)13)44-62(61)78(63)52-37-47(69(2,3)4)36-48(38-52)70(5,6)7/h18-29,36-46H,30-35H2,1-17H3/i18D,19D,20D,21D,22D,23D,24D,25D,26D,27D. The van der Waals surface area contributed by atoms with Crippen molar-refractivity contribution < 1.29 is 13.7 Å². The molecule has 5 aliphatic rings. The number of thiophene rings is 1. The fourth-order valence-electron chi connectivity index (χ4n) is 14.5. The lowest BCUT2D eigenvalue weighted by molar-refractivity contribution is 0.332. The Morgan fingerprint density at radius 3 is 1.56 bits per heavy atom. The van der Waals surface area contributed by atoms with E-state index in [1.54, 1.807) is 0 Å². The van der Waals surface area contributed by atoms with Gasteiger partial charge in [0, 0.05) is 54.7 Å². The third-order valence-electron chi connectivity index (χ3n) is 19.9. The molecule has 13 rings (SSSR count). The Labute approximate surface area is 499 Å². The van der Waals surface area contributed by atoms with Gasteiger partial charge in [0.25, 0.3) is 6.71 Å². The van der Waals surface area contributed by atoms with Crippen LogP contribution in [0.3, 0.4) is 0 Å². The van der Waals surface area contributed by atoms with Gasteiger partial charge in [0.15, 0.2) is 0 Å². The van der Waals surface area contributed by atoms with Crippen molar-refractivity contribution in [1.82, 2.24) is 0 Å². The van der Waals surface area contributed by atoms with E-state index in [9.17, 15) is 11.0 Å². The molecule has 3 heterocycles. The first-order chi connectivity index (χ1) is 41.7. The molecule has 0 N–H and O–H groups in total. The topological polar surface area (TPSA) is 9.72 Å². The maximum absolute atomic E-state index is 9.81. The molecule has 5 heteroatoms. The van der Waals surface area contributed by atoms with E-state index < -0.39 is 60.4 Å². The molecule has 0 radical (unpaired) electrons. The molecule has 1 atom stereocenters. The number of hydrogen-bond donors (Lipinski definition) is 0. The summed E-state index contributed by atoms with van der Waals surface area (Å²) in [6.07, 6.45) is 6.18. The van der Waals surface area contributed by atoms with Gasteiger partial charge >= 0.3 is 0 Å². The molecular formula is C75H86BN3S. The van der Waals surface area contributed by atoms with Crippen LogP contribution < -0.4 is 30.4 Å². The molecule has 7 aromatic carbocycles. The highest BCUT2D eigenvalue weighted by atomic mass is 32.1. The molecule has 1 unspecified atom stereocenters. The van der Waals surface area contributed by atoms with Crippen molar-refractivity contribution in [2.75, 3.05) is 14.7 Å². The Hall–Kier alpha value is -6.04. The lowest BCUT2D eigenvalue weighted by Gasteiger charge is -2.47. The lowest BCUT2D eigenvalue weighted by atomic mass is 9.35. The van der Waals surface area contributed by atoms with E-state index in [0.29, 0.717) is 0 Å². The van der Waals surface area contributed by atoms with Gasteiger partial charge in [0.2, 0.25) is 0 Å². The lowest BCUT2D eigenvalue weighted by Crippen LogP contribution is -2.61. The third kappa shape index (κ3) is 8.30. The van der Waals surface area contributed by atoms with Crippen LogP contribution in [0.4, 0.5) is 51.2 Å². The van der Waals surface area contributed by atoms with Crippen LogP contribution >= 0.6 is 11.3 Å². The van der Waals surface area contributed by atoms with Crippen molar-refractivity contribution in [2.45, 2.75) is 200 Å². The van der Waals surface area contributed by atoms with Crippen LogP contribution in [-0.2, 0) is 37.9 Å². The van der Waals surface area contributed by atoms with Gasteiger partial charge in [-0.3, -0.25) is 0 Å². The molecule has 0 amide bonds. The minimum Gasteiger partial charge on any atom is -0.311 e. The number of nitrogens with zero attached hydrogens (tertiary/aromatic N) is 3. The van der Waals surface area contributed by atoms with E-state index >= 15 is 0 Å². The molecule has 2 aliphatic heterocycles. The van der Waals surface area contributed by atoms with Gasteiger partial charge in [-0.05, 0) is 217 Å². The first-order valence-corrected chi connectivity index (χ1v) is 30.3. The van der Waals surface area contributed by atoms with Crippen molar-refractivity contribution in [2.24, 2.45) is 0 Å². The van der Waals surface area contributed by atoms with Crippen LogP contribution in [0.15, 0.2) is 133 Å². The Morgan fingerprint density at radius 1 is 0.512 bits per heavy atom. The molecule has 0 spiro atoms. The Bertz CT molecular complexity index is 4280. The molecule has 3 aliphatic carbocycles. The Kier molecular flexibility index (Phi) is 9.48. The molecule has 0 fully saturated rings. The number of benzene rings is 7. The SMILES string of the molecule is [2H]c1c([2H])c([2H])c(N(c2cc3c4c(c2)N(c2ccc5c(c2)C(C)CCC5(C)C)c2c(sc5cc6c(cc25)C(C)(C)CCC6(C)C)B4c2cc4c(cc2N3c2cc(C(C)(C)C)cc(C(C)(C)C)c2)C(C)(C)CCC4(C)C)c2c([2H])c([2H])c([2H])c([2H])c2[2H])c([2H])c1[2H]. The summed E-state index contributed by atoms with van der Waals surface area (Å²) in [5.41, 5.74) is 16.3. The van der Waals surface area contributed by atoms with Crippen molar-refractivity contribution in [3.05, 3.63) is 178 Å². The summed E-state index contributed by atoms with van der Waals surface area (Å²) in [4.78, 5) is 6.23. The molecule has 8 aromatic rings. The normalized spacial score (nSPS) is 21.6. The fraction of sp³-hybridized carbons (Fsp3) is 0.413. The number of para-hydroxylation sites is 2. The van der Waals surface area contributed by atoms with Crippen LogP contribution in [0.2, 0.25) is 0 Å². The van der Waals surface area contributed by atoms with Crippen LogP contribution in [-0.4, -0.2) is 6.71 Å². The summed E-state index contributed by atoms with van der Waals surface area (Å²) in [5, 5.41) is 1.13. The highest BCUT2D eigenvalue weighted by Crippen LogP contribution is 2.57. The monoisotopic (exact) mass is 1080 g/mol. The van der Waals surface area contributed by atoms with Crippen molar-refractivity contribution in [1.29, 1.82) is 0 Å². The van der Waals surface area contributed by atoms with Crippen LogP contribution in [0.1, 0.15) is 220 Å². The van der Waals surface area contributed by atoms with E-state index in [2.05, 4.69) is 188 Å². The second kappa shape index (κ2) is 17.7. The first kappa shape index (κ1) is 42.8. The van der Waals surface area contributed by atoms with E-state index in [4.69, 9.17) is 2.74 Å². The third-order valence-corrected chi connectivity index (χ3v) is 21.1. The van der Waals surface area contributed by atoms with E-state index in [1.807, 2.05) is 23.5 Å². The summed E-state index contributed by atoms with van der Waals surface area (Å²) >= 11 is 1.88. The number of rotatable bonds is 5. The maximum atomic E-state index is 9.81. The smallest absolute Gasteiger partial charge is 0.264 e. The van der Waals surface area contributed by atoms with Gasteiger partial charge in [-0.15, -0.1) is 11.3 Å². The summed E-state index contributed by atoms with van der Waals surface area (Å²) in [6, 6.07) is 22.1. The Morgan fingerprint density at radius 2 is 1.01 bits per heavy atom.